The lowest BCUT2D eigenvalue weighted by Gasteiger charge is -2.50. The van der Waals surface area contributed by atoms with Gasteiger partial charge in [0, 0.05) is 43.7 Å². The van der Waals surface area contributed by atoms with Gasteiger partial charge in [0.1, 0.15) is 22.1 Å². The van der Waals surface area contributed by atoms with Gasteiger partial charge in [-0.25, -0.2) is 4.39 Å². The van der Waals surface area contributed by atoms with E-state index in [9.17, 15) is 40.3 Å². The normalized spacial score (nSPS) is 20.8. The zero-order valence-corrected chi connectivity index (χ0v) is 24.3. The van der Waals surface area contributed by atoms with Crippen molar-refractivity contribution in [2.24, 2.45) is 0 Å². The number of aromatic nitrogens is 1. The Morgan fingerprint density at radius 1 is 1.07 bits per heavy atom. The molecule has 0 spiro atoms. The minimum atomic E-state index is -4.88. The topological polar surface area (TPSA) is 62.7 Å². The number of piperidine rings is 1. The van der Waals surface area contributed by atoms with Crippen molar-refractivity contribution in [2.45, 2.75) is 69.6 Å². The zero-order valence-electron chi connectivity index (χ0n) is 23.5. The van der Waals surface area contributed by atoms with Crippen LogP contribution in [0.25, 0.3) is 0 Å². The van der Waals surface area contributed by atoms with E-state index in [2.05, 4.69) is 4.98 Å². The van der Waals surface area contributed by atoms with Gasteiger partial charge in [-0.15, -0.1) is 11.3 Å². The number of carbonyl (C=O) groups is 2. The zero-order chi connectivity index (χ0) is 31.9. The summed E-state index contributed by atoms with van der Waals surface area (Å²) in [5.74, 6) is -2.34. The monoisotopic (exact) mass is 643 g/mol. The van der Waals surface area contributed by atoms with Crippen molar-refractivity contribution < 1.29 is 45.1 Å². The largest absolute Gasteiger partial charge is 0.474 e. The van der Waals surface area contributed by atoms with Crippen molar-refractivity contribution >= 4 is 23.2 Å². The summed E-state index contributed by atoms with van der Waals surface area (Å²) in [6.07, 6.45) is -7.58. The highest BCUT2D eigenvalue weighted by molar-refractivity contribution is 7.10. The fourth-order valence-electron chi connectivity index (χ4n) is 6.04. The smallest absolute Gasteiger partial charge is 0.425 e. The minimum absolute atomic E-state index is 0.00139. The van der Waals surface area contributed by atoms with Crippen LogP contribution in [0.5, 0.6) is 5.75 Å². The number of alkyl halides is 6. The number of ether oxygens (including phenoxy) is 1. The Balaban J connectivity index is 1.58. The second-order valence-electron chi connectivity index (χ2n) is 10.8. The molecule has 1 fully saturated rings. The molecule has 236 valence electrons. The Kier molecular flexibility index (Phi) is 8.67. The van der Waals surface area contributed by atoms with Crippen LogP contribution in [0.1, 0.15) is 64.7 Å². The third kappa shape index (κ3) is 6.13. The van der Waals surface area contributed by atoms with Crippen LogP contribution in [0.15, 0.2) is 48.0 Å². The third-order valence-electron chi connectivity index (χ3n) is 7.98. The highest BCUT2D eigenvalue weighted by Crippen LogP contribution is 2.43. The lowest BCUT2D eigenvalue weighted by Crippen LogP contribution is -2.68. The number of thiophene rings is 1. The molecule has 2 aromatic heterocycles. The molecule has 3 aromatic rings. The summed E-state index contributed by atoms with van der Waals surface area (Å²) < 4.78 is 102. The molecule has 2 aliphatic heterocycles. The molecule has 6 nitrogen and oxygen atoms in total. The van der Waals surface area contributed by atoms with E-state index in [4.69, 9.17) is 4.74 Å². The molecule has 1 saturated heterocycles. The van der Waals surface area contributed by atoms with Gasteiger partial charge < -0.3 is 14.5 Å². The van der Waals surface area contributed by atoms with Crippen LogP contribution in [0.4, 0.5) is 30.7 Å². The maximum Gasteiger partial charge on any atom is 0.425 e. The number of nitrogens with zero attached hydrogens (tertiary/aromatic N) is 3. The number of hydrogen-bond donors (Lipinski definition) is 0. The minimum Gasteiger partial charge on any atom is -0.474 e. The van der Waals surface area contributed by atoms with Crippen molar-refractivity contribution in [1.82, 2.24) is 14.8 Å². The molecule has 4 heterocycles. The first kappa shape index (κ1) is 31.7. The number of benzene rings is 1. The van der Waals surface area contributed by atoms with Crippen molar-refractivity contribution in [3.05, 3.63) is 81.1 Å². The van der Waals surface area contributed by atoms with Crippen molar-refractivity contribution in [1.29, 1.82) is 0 Å². The van der Waals surface area contributed by atoms with Crippen molar-refractivity contribution in [3.63, 3.8) is 0 Å². The molecule has 0 unspecified atom stereocenters. The van der Waals surface area contributed by atoms with E-state index in [1.54, 1.807) is 13.0 Å². The van der Waals surface area contributed by atoms with Crippen LogP contribution in [0, 0.1) is 5.82 Å². The van der Waals surface area contributed by atoms with E-state index in [1.165, 1.54) is 17.0 Å². The van der Waals surface area contributed by atoms with E-state index in [0.717, 1.165) is 34.7 Å². The summed E-state index contributed by atoms with van der Waals surface area (Å²) in [5.41, 5.74) is -2.62. The lowest BCUT2D eigenvalue weighted by molar-refractivity contribution is -0.160. The Bertz CT molecular complexity index is 1540. The maximum absolute atomic E-state index is 14.6. The number of hydrogen-bond acceptors (Lipinski definition) is 5. The van der Waals surface area contributed by atoms with Crippen LogP contribution in [-0.2, 0) is 30.1 Å². The van der Waals surface area contributed by atoms with Gasteiger partial charge in [0.2, 0.25) is 5.60 Å². The van der Waals surface area contributed by atoms with Crippen LogP contribution in [0.3, 0.4) is 0 Å². The average Bonchev–Trinajstić information content (AvgIpc) is 3.46. The van der Waals surface area contributed by atoms with E-state index >= 15 is 0 Å². The molecular formula is C30H28F7N3O3S. The maximum atomic E-state index is 14.6. The number of halogens is 7. The summed E-state index contributed by atoms with van der Waals surface area (Å²) in [5, 5.41) is 1.12. The lowest BCUT2D eigenvalue weighted by atomic mass is 9.79. The summed E-state index contributed by atoms with van der Waals surface area (Å²) in [4.78, 5) is 33.8. The van der Waals surface area contributed by atoms with Gasteiger partial charge in [0.25, 0.3) is 11.8 Å². The molecule has 0 bridgehead atoms. The Morgan fingerprint density at radius 2 is 1.84 bits per heavy atom. The summed E-state index contributed by atoms with van der Waals surface area (Å²) in [7, 11) is 0. The number of carbonyl (C=O) groups excluding carboxylic acids is 2. The first-order chi connectivity index (χ1) is 20.7. The molecule has 0 saturated carbocycles. The number of likely N-dealkylation sites (tertiary alicyclic amines) is 1. The quantitative estimate of drug-likeness (QED) is 0.268. The van der Waals surface area contributed by atoms with E-state index in [1.807, 2.05) is 0 Å². The predicted octanol–water partition coefficient (Wildman–Crippen LogP) is 7.13. The molecule has 0 N–H and O–H groups in total. The first-order valence-corrected chi connectivity index (χ1v) is 14.9. The molecule has 5 rings (SSSR count). The third-order valence-corrected chi connectivity index (χ3v) is 8.94. The highest BCUT2D eigenvalue weighted by Gasteiger charge is 2.56. The molecule has 44 heavy (non-hydrogen) atoms. The summed E-state index contributed by atoms with van der Waals surface area (Å²) in [6, 6.07) is 5.63. The van der Waals surface area contributed by atoms with Gasteiger partial charge in [-0.3, -0.25) is 14.6 Å². The molecule has 0 aliphatic carbocycles. The number of rotatable bonds is 6. The van der Waals surface area contributed by atoms with Gasteiger partial charge in [0.05, 0.1) is 11.6 Å². The fraction of sp³-hybridized carbons (Fsp3) is 0.433. The molecule has 2 aliphatic rings. The molecule has 1 aromatic carbocycles. The van der Waals surface area contributed by atoms with Gasteiger partial charge >= 0.3 is 12.4 Å². The fourth-order valence-corrected chi connectivity index (χ4v) is 6.72. The Hall–Kier alpha value is -3.68. The standard InChI is InChI=1S/C30H28F7N3O3S/c1-2-5-23-28(43-21-15-24(44-17-21)30(35,36)37,27(42)39-13-9-18-14-20(31)8-7-19(18)16-39)10-4-12-40(23)26(41)25-22(29(32,33)34)6-3-11-38-25/h3,6-8,11,14-15,17,23H,2,4-5,9-10,12-13,16H2,1H3/t23-,28-/m1/s1. The van der Waals surface area contributed by atoms with E-state index in [0.29, 0.717) is 35.3 Å². The average molecular weight is 644 g/mol. The van der Waals surface area contributed by atoms with E-state index < -0.39 is 57.8 Å². The van der Waals surface area contributed by atoms with Crippen molar-refractivity contribution in [2.75, 3.05) is 13.1 Å². The second-order valence-corrected chi connectivity index (χ2v) is 11.7. The Labute approximate surface area is 252 Å². The van der Waals surface area contributed by atoms with E-state index in [-0.39, 0.29) is 44.6 Å². The molecule has 0 radical (unpaired) electrons. The van der Waals surface area contributed by atoms with Gasteiger partial charge in [-0.05, 0) is 54.7 Å². The number of amides is 2. The van der Waals surface area contributed by atoms with Crippen LogP contribution in [0.2, 0.25) is 0 Å². The Morgan fingerprint density at radius 3 is 2.52 bits per heavy atom. The highest BCUT2D eigenvalue weighted by atomic mass is 32.1. The van der Waals surface area contributed by atoms with Crippen LogP contribution < -0.4 is 4.74 Å². The molecule has 2 amide bonds. The molecule has 14 heteroatoms. The van der Waals surface area contributed by atoms with Crippen molar-refractivity contribution in [3.8, 4) is 5.75 Å². The predicted molar refractivity (Wildman–Crippen MR) is 146 cm³/mol. The number of pyridine rings is 1. The SMILES string of the molecule is CCC[C@H]1N(C(=O)c2ncccc2C(F)(F)F)CCC[C@]1(Oc1csc(C(F)(F)F)c1)C(=O)N1CCc2cc(F)ccc2C1. The first-order valence-electron chi connectivity index (χ1n) is 14.0. The van der Waals surface area contributed by atoms with Crippen LogP contribution in [-0.4, -0.2) is 51.3 Å². The molecule has 2 atom stereocenters. The molecular weight excluding hydrogens is 615 g/mol. The van der Waals surface area contributed by atoms with Gasteiger partial charge in [-0.2, -0.15) is 26.3 Å². The summed E-state index contributed by atoms with van der Waals surface area (Å²) in [6.45, 7) is 1.94. The number of fused-ring (bicyclic) bond motifs is 1. The second kappa shape index (κ2) is 12.0. The van der Waals surface area contributed by atoms with Gasteiger partial charge in [0.15, 0.2) is 0 Å². The van der Waals surface area contributed by atoms with Gasteiger partial charge in [-0.1, -0.05) is 19.4 Å². The summed E-state index contributed by atoms with van der Waals surface area (Å²) >= 11 is 0.380. The van der Waals surface area contributed by atoms with Crippen LogP contribution >= 0.6 is 11.3 Å².